The number of nitrogens with two attached hydrogens (primary N) is 1. The molecule has 2 N–H and O–H groups in total. The molecule has 2 aromatic carbocycles. The minimum absolute atomic E-state index is 0.0426. The number of hydrogen-bond acceptors (Lipinski definition) is 3. The van der Waals surface area contributed by atoms with Crippen molar-refractivity contribution in [2.75, 3.05) is 13.2 Å². The Hall–Kier alpha value is -1.63. The van der Waals surface area contributed by atoms with Crippen LogP contribution in [-0.4, -0.2) is 19.5 Å². The molecule has 0 aliphatic rings. The molecule has 3 nitrogen and oxygen atoms in total. The molecular formula is C15H12Cl2F3NO2. The lowest BCUT2D eigenvalue weighted by molar-refractivity contribution is -0.275. The average Bonchev–Trinajstić information content (AvgIpc) is 2.47. The van der Waals surface area contributed by atoms with Crippen molar-refractivity contribution in [1.82, 2.24) is 0 Å². The molecule has 0 heterocycles. The average molecular weight is 366 g/mol. The van der Waals surface area contributed by atoms with Gasteiger partial charge in [0.1, 0.15) is 6.61 Å². The highest BCUT2D eigenvalue weighted by atomic mass is 35.5. The van der Waals surface area contributed by atoms with Gasteiger partial charge in [-0.1, -0.05) is 29.3 Å². The van der Waals surface area contributed by atoms with E-state index in [-0.39, 0.29) is 18.9 Å². The van der Waals surface area contributed by atoms with Crippen LogP contribution in [0.3, 0.4) is 0 Å². The van der Waals surface area contributed by atoms with Gasteiger partial charge in [0, 0.05) is 22.2 Å². The van der Waals surface area contributed by atoms with Gasteiger partial charge < -0.3 is 15.2 Å². The van der Waals surface area contributed by atoms with E-state index < -0.39 is 12.1 Å². The fraction of sp³-hybridized carbons (Fsp3) is 0.200. The molecule has 0 fully saturated rings. The first kappa shape index (κ1) is 17.7. The van der Waals surface area contributed by atoms with Crippen molar-refractivity contribution in [1.29, 1.82) is 0 Å². The predicted octanol–water partition coefficient (Wildman–Crippen LogP) is 4.90. The summed E-state index contributed by atoms with van der Waals surface area (Å²) < 4.78 is 46.5. The summed E-state index contributed by atoms with van der Waals surface area (Å²) in [6.45, 7) is 0.189. The maximum absolute atomic E-state index is 12.4. The third-order valence-electron chi connectivity index (χ3n) is 2.78. The van der Waals surface area contributed by atoms with Gasteiger partial charge in [-0.3, -0.25) is 0 Å². The molecule has 0 saturated carbocycles. The number of halogens is 5. The molecule has 124 valence electrons. The Kier molecular flexibility index (Phi) is 5.62. The van der Waals surface area contributed by atoms with Crippen molar-refractivity contribution in [3.05, 3.63) is 46.4 Å². The van der Waals surface area contributed by atoms with Crippen LogP contribution >= 0.6 is 23.2 Å². The first-order chi connectivity index (χ1) is 10.8. The standard InChI is InChI=1S/C15H12Cl2F3NO2/c16-10-2-3-12(17)11(8-10)9-1-4-13(23-15(18,19)20)14(7-9)22-6-5-21/h1-4,7-8H,5-6,21H2. The lowest BCUT2D eigenvalue weighted by Crippen LogP contribution is -2.18. The minimum Gasteiger partial charge on any atom is -0.488 e. The van der Waals surface area contributed by atoms with Gasteiger partial charge in [0.15, 0.2) is 11.5 Å². The van der Waals surface area contributed by atoms with Crippen molar-refractivity contribution < 1.29 is 22.6 Å². The highest BCUT2D eigenvalue weighted by Crippen LogP contribution is 2.38. The Balaban J connectivity index is 2.44. The van der Waals surface area contributed by atoms with E-state index in [9.17, 15) is 13.2 Å². The van der Waals surface area contributed by atoms with E-state index in [0.717, 1.165) is 6.07 Å². The maximum atomic E-state index is 12.4. The molecule has 0 spiro atoms. The van der Waals surface area contributed by atoms with E-state index in [1.165, 1.54) is 12.1 Å². The number of benzene rings is 2. The second kappa shape index (κ2) is 7.29. The molecule has 0 aliphatic carbocycles. The molecule has 0 bridgehead atoms. The highest BCUT2D eigenvalue weighted by molar-refractivity contribution is 6.35. The zero-order chi connectivity index (χ0) is 17.0. The van der Waals surface area contributed by atoms with E-state index in [1.807, 2.05) is 0 Å². The second-order valence-electron chi connectivity index (χ2n) is 4.47. The van der Waals surface area contributed by atoms with E-state index in [2.05, 4.69) is 4.74 Å². The van der Waals surface area contributed by atoms with Crippen molar-refractivity contribution in [2.24, 2.45) is 5.73 Å². The molecule has 0 unspecified atom stereocenters. The van der Waals surface area contributed by atoms with Crippen LogP contribution in [0.15, 0.2) is 36.4 Å². The molecule has 8 heteroatoms. The Morgan fingerprint density at radius 1 is 1.00 bits per heavy atom. The minimum atomic E-state index is -4.82. The van der Waals surface area contributed by atoms with Crippen LogP contribution in [0.25, 0.3) is 11.1 Å². The van der Waals surface area contributed by atoms with Gasteiger partial charge in [-0.2, -0.15) is 0 Å². The Morgan fingerprint density at radius 3 is 2.39 bits per heavy atom. The lowest BCUT2D eigenvalue weighted by Gasteiger charge is -2.15. The molecule has 2 aromatic rings. The molecule has 23 heavy (non-hydrogen) atoms. The van der Waals surface area contributed by atoms with Crippen molar-refractivity contribution in [2.45, 2.75) is 6.36 Å². The number of hydrogen-bond donors (Lipinski definition) is 1. The summed E-state index contributed by atoms with van der Waals surface area (Å²) in [6.07, 6.45) is -4.82. The lowest BCUT2D eigenvalue weighted by atomic mass is 10.1. The van der Waals surface area contributed by atoms with Crippen LogP contribution in [0.2, 0.25) is 10.0 Å². The van der Waals surface area contributed by atoms with E-state index in [1.54, 1.807) is 18.2 Å². The summed E-state index contributed by atoms with van der Waals surface area (Å²) in [4.78, 5) is 0. The van der Waals surface area contributed by atoms with Crippen LogP contribution in [0, 0.1) is 0 Å². The van der Waals surface area contributed by atoms with E-state index >= 15 is 0 Å². The van der Waals surface area contributed by atoms with Gasteiger partial charge >= 0.3 is 6.36 Å². The molecule has 0 aliphatic heterocycles. The quantitative estimate of drug-likeness (QED) is 0.819. The smallest absolute Gasteiger partial charge is 0.488 e. The monoisotopic (exact) mass is 365 g/mol. The Bertz CT molecular complexity index is 693. The first-order valence-electron chi connectivity index (χ1n) is 6.48. The SMILES string of the molecule is NCCOc1cc(-c2cc(Cl)ccc2Cl)ccc1OC(F)(F)F. The predicted molar refractivity (Wildman–Crippen MR) is 83.1 cm³/mol. The second-order valence-corrected chi connectivity index (χ2v) is 5.31. The number of rotatable bonds is 5. The summed E-state index contributed by atoms with van der Waals surface area (Å²) in [5.41, 5.74) is 6.43. The van der Waals surface area contributed by atoms with Gasteiger partial charge in [0.25, 0.3) is 0 Å². The van der Waals surface area contributed by atoms with Crippen LogP contribution in [0.1, 0.15) is 0 Å². The maximum Gasteiger partial charge on any atom is 0.573 e. The van der Waals surface area contributed by atoms with Gasteiger partial charge in [-0.05, 0) is 35.9 Å². The first-order valence-corrected chi connectivity index (χ1v) is 7.24. The summed E-state index contributed by atoms with van der Waals surface area (Å²) in [5.74, 6) is -0.533. The van der Waals surface area contributed by atoms with Crippen LogP contribution in [-0.2, 0) is 0 Å². The van der Waals surface area contributed by atoms with E-state index in [0.29, 0.717) is 21.2 Å². The fourth-order valence-corrected chi connectivity index (χ4v) is 2.28. The molecule has 0 radical (unpaired) electrons. The summed E-state index contributed by atoms with van der Waals surface area (Å²) in [6, 6.07) is 8.81. The molecule has 0 aromatic heterocycles. The normalized spacial score (nSPS) is 11.4. The number of alkyl halides is 3. The van der Waals surface area contributed by atoms with E-state index in [4.69, 9.17) is 33.7 Å². The number of ether oxygens (including phenoxy) is 2. The summed E-state index contributed by atoms with van der Waals surface area (Å²) in [7, 11) is 0. The Morgan fingerprint density at radius 2 is 1.74 bits per heavy atom. The summed E-state index contributed by atoms with van der Waals surface area (Å²) in [5, 5.41) is 0.855. The zero-order valence-electron chi connectivity index (χ0n) is 11.7. The van der Waals surface area contributed by atoms with Gasteiger partial charge in [0.2, 0.25) is 0 Å². The molecule has 0 amide bonds. The Labute approximate surface area is 140 Å². The topological polar surface area (TPSA) is 44.5 Å². The molecular weight excluding hydrogens is 354 g/mol. The summed E-state index contributed by atoms with van der Waals surface area (Å²) >= 11 is 12.0. The highest BCUT2D eigenvalue weighted by Gasteiger charge is 2.32. The largest absolute Gasteiger partial charge is 0.573 e. The van der Waals surface area contributed by atoms with Crippen molar-refractivity contribution in [3.63, 3.8) is 0 Å². The van der Waals surface area contributed by atoms with Crippen LogP contribution in [0.4, 0.5) is 13.2 Å². The third kappa shape index (κ3) is 4.92. The van der Waals surface area contributed by atoms with Gasteiger partial charge in [-0.25, -0.2) is 0 Å². The zero-order valence-corrected chi connectivity index (χ0v) is 13.2. The van der Waals surface area contributed by atoms with Crippen molar-refractivity contribution in [3.8, 4) is 22.6 Å². The third-order valence-corrected chi connectivity index (χ3v) is 3.35. The molecule has 2 rings (SSSR count). The van der Waals surface area contributed by atoms with Crippen molar-refractivity contribution >= 4 is 23.2 Å². The van der Waals surface area contributed by atoms with Gasteiger partial charge in [0.05, 0.1) is 0 Å². The van der Waals surface area contributed by atoms with Gasteiger partial charge in [-0.15, -0.1) is 13.2 Å². The van der Waals surface area contributed by atoms with Crippen LogP contribution < -0.4 is 15.2 Å². The molecule has 0 saturated heterocycles. The molecule has 0 atom stereocenters. The fourth-order valence-electron chi connectivity index (χ4n) is 1.88. The van der Waals surface area contributed by atoms with Crippen LogP contribution in [0.5, 0.6) is 11.5 Å².